The van der Waals surface area contributed by atoms with Crippen LogP contribution < -0.4 is 9.62 Å². The zero-order valence-corrected chi connectivity index (χ0v) is 23.1. The van der Waals surface area contributed by atoms with Crippen molar-refractivity contribution in [2.24, 2.45) is 0 Å². The lowest BCUT2D eigenvalue weighted by Crippen LogP contribution is -2.54. The van der Waals surface area contributed by atoms with Crippen molar-refractivity contribution < 1.29 is 26.8 Å². The zero-order chi connectivity index (χ0) is 28.7. The van der Waals surface area contributed by atoms with E-state index in [0.717, 1.165) is 53.9 Å². The van der Waals surface area contributed by atoms with Gasteiger partial charge in [-0.3, -0.25) is 13.9 Å². The quantitative estimate of drug-likeness (QED) is 0.370. The number of hydrogen-bond acceptors (Lipinski definition) is 4. The van der Waals surface area contributed by atoms with E-state index in [4.69, 9.17) is 0 Å². The Labute approximate surface area is 233 Å². The van der Waals surface area contributed by atoms with Crippen LogP contribution in [0.3, 0.4) is 0 Å². The first-order valence-electron chi connectivity index (χ1n) is 13.2. The van der Waals surface area contributed by atoms with Crippen molar-refractivity contribution in [1.82, 2.24) is 10.2 Å². The van der Waals surface area contributed by atoms with Gasteiger partial charge < -0.3 is 10.2 Å². The Bertz CT molecular complexity index is 1400. The van der Waals surface area contributed by atoms with Gasteiger partial charge in [-0.1, -0.05) is 55.3 Å². The van der Waals surface area contributed by atoms with Gasteiger partial charge in [-0.25, -0.2) is 17.2 Å². The fraction of sp³-hybridized carbons (Fsp3) is 0.333. The van der Waals surface area contributed by atoms with Crippen molar-refractivity contribution in [3.63, 3.8) is 0 Å². The van der Waals surface area contributed by atoms with Crippen LogP contribution in [0, 0.1) is 11.6 Å². The van der Waals surface area contributed by atoms with E-state index in [-0.39, 0.29) is 30.6 Å². The first-order chi connectivity index (χ1) is 19.1. The highest BCUT2D eigenvalue weighted by Gasteiger charge is 2.34. The van der Waals surface area contributed by atoms with E-state index >= 15 is 0 Å². The normalized spacial score (nSPS) is 14.5. The molecule has 0 aliphatic heterocycles. The standard InChI is InChI=1S/C30H33F2N3O4S/c1-40(38,39)35(27-17-15-25(32)16-18-27)21-29(36)34(20-23-11-13-24(31)14-12-23)28(19-22-7-3-2-4-8-22)30(37)33-26-9-5-6-10-26/h2-4,7-8,11-18,26,28H,5-6,9-10,19-21H2,1H3,(H,33,37). The van der Waals surface area contributed by atoms with Gasteiger partial charge in [0.15, 0.2) is 0 Å². The highest BCUT2D eigenvalue weighted by atomic mass is 32.2. The highest BCUT2D eigenvalue weighted by molar-refractivity contribution is 7.92. The molecule has 7 nitrogen and oxygen atoms in total. The molecule has 1 atom stereocenters. The smallest absolute Gasteiger partial charge is 0.244 e. The van der Waals surface area contributed by atoms with Crippen molar-refractivity contribution in [3.05, 3.63) is 102 Å². The third-order valence-electron chi connectivity index (χ3n) is 7.03. The van der Waals surface area contributed by atoms with Crippen LogP contribution in [0.5, 0.6) is 0 Å². The Hall–Kier alpha value is -3.79. The van der Waals surface area contributed by atoms with Gasteiger partial charge in [0.1, 0.15) is 24.2 Å². The number of carbonyl (C=O) groups excluding carboxylic acids is 2. The number of nitrogens with zero attached hydrogens (tertiary/aromatic N) is 2. The molecular formula is C30H33F2N3O4S. The predicted octanol–water partition coefficient (Wildman–Crippen LogP) is 4.43. The Morgan fingerprint density at radius 3 is 2.02 bits per heavy atom. The summed E-state index contributed by atoms with van der Waals surface area (Å²) in [6.45, 7) is -0.649. The van der Waals surface area contributed by atoms with E-state index in [1.807, 2.05) is 30.3 Å². The van der Waals surface area contributed by atoms with Gasteiger partial charge >= 0.3 is 0 Å². The van der Waals surface area contributed by atoms with Gasteiger partial charge in [0.05, 0.1) is 11.9 Å². The number of anilines is 1. The summed E-state index contributed by atoms with van der Waals surface area (Å²) in [5.74, 6) is -1.95. The third kappa shape index (κ3) is 7.88. The van der Waals surface area contributed by atoms with E-state index < -0.39 is 40.2 Å². The summed E-state index contributed by atoms with van der Waals surface area (Å²) in [5, 5.41) is 3.08. The zero-order valence-electron chi connectivity index (χ0n) is 22.3. The lowest BCUT2D eigenvalue weighted by atomic mass is 10.0. The van der Waals surface area contributed by atoms with Crippen molar-refractivity contribution >= 4 is 27.5 Å². The van der Waals surface area contributed by atoms with Crippen LogP contribution >= 0.6 is 0 Å². The molecule has 2 amide bonds. The number of rotatable bonds is 11. The van der Waals surface area contributed by atoms with Crippen LogP contribution in [-0.4, -0.2) is 50.0 Å². The first kappa shape index (κ1) is 29.2. The van der Waals surface area contributed by atoms with Crippen molar-refractivity contribution in [3.8, 4) is 0 Å². The summed E-state index contributed by atoms with van der Waals surface area (Å²) in [5.41, 5.74) is 1.52. The summed E-state index contributed by atoms with van der Waals surface area (Å²) in [7, 11) is -3.95. The lowest BCUT2D eigenvalue weighted by molar-refractivity contribution is -0.140. The minimum Gasteiger partial charge on any atom is -0.352 e. The summed E-state index contributed by atoms with van der Waals surface area (Å²) < 4.78 is 53.6. The average molecular weight is 570 g/mol. The fourth-order valence-electron chi connectivity index (χ4n) is 4.93. The van der Waals surface area contributed by atoms with E-state index in [1.165, 1.54) is 41.3 Å². The molecule has 0 aromatic heterocycles. The van der Waals surface area contributed by atoms with Crippen LogP contribution in [0.2, 0.25) is 0 Å². The molecule has 0 saturated heterocycles. The van der Waals surface area contributed by atoms with E-state index in [0.29, 0.717) is 5.56 Å². The molecule has 0 bridgehead atoms. The molecule has 1 aliphatic carbocycles. The number of halogens is 2. The Kier molecular flexibility index (Phi) is 9.52. The number of hydrogen-bond donors (Lipinski definition) is 1. The van der Waals surface area contributed by atoms with Crippen LogP contribution in [0.25, 0.3) is 0 Å². The van der Waals surface area contributed by atoms with Crippen molar-refractivity contribution in [2.75, 3.05) is 17.1 Å². The molecule has 0 spiro atoms. The van der Waals surface area contributed by atoms with Crippen molar-refractivity contribution in [2.45, 2.75) is 50.7 Å². The van der Waals surface area contributed by atoms with Crippen molar-refractivity contribution in [1.29, 1.82) is 0 Å². The van der Waals surface area contributed by atoms with Gasteiger partial charge in [-0.05, 0) is 60.4 Å². The number of nitrogens with one attached hydrogen (secondary N) is 1. The molecule has 40 heavy (non-hydrogen) atoms. The summed E-state index contributed by atoms with van der Waals surface area (Å²) in [4.78, 5) is 29.1. The largest absolute Gasteiger partial charge is 0.352 e. The SMILES string of the molecule is CS(=O)(=O)N(CC(=O)N(Cc1ccc(F)cc1)C(Cc1ccccc1)C(=O)NC1CCCC1)c1ccc(F)cc1. The Morgan fingerprint density at radius 2 is 1.45 bits per heavy atom. The molecule has 1 fully saturated rings. The van der Waals surface area contributed by atoms with Crippen LogP contribution in [0.4, 0.5) is 14.5 Å². The minimum atomic E-state index is -3.95. The molecular weight excluding hydrogens is 536 g/mol. The monoisotopic (exact) mass is 569 g/mol. The first-order valence-corrected chi connectivity index (χ1v) is 15.1. The topological polar surface area (TPSA) is 86.8 Å². The molecule has 1 aliphatic rings. The number of sulfonamides is 1. The van der Waals surface area contributed by atoms with E-state index in [1.54, 1.807) is 0 Å². The maximum Gasteiger partial charge on any atom is 0.244 e. The molecule has 3 aromatic carbocycles. The molecule has 1 saturated carbocycles. The third-order valence-corrected chi connectivity index (χ3v) is 8.17. The van der Waals surface area contributed by atoms with E-state index in [2.05, 4.69) is 5.32 Å². The van der Waals surface area contributed by atoms with E-state index in [9.17, 15) is 26.8 Å². The van der Waals surface area contributed by atoms with Gasteiger partial charge in [0.25, 0.3) is 0 Å². The van der Waals surface area contributed by atoms with Gasteiger partial charge in [-0.15, -0.1) is 0 Å². The molecule has 212 valence electrons. The maximum absolute atomic E-state index is 14.0. The number of amides is 2. The van der Waals surface area contributed by atoms with Gasteiger partial charge in [0, 0.05) is 19.0 Å². The summed E-state index contributed by atoms with van der Waals surface area (Å²) >= 11 is 0. The van der Waals surface area contributed by atoms with Gasteiger partial charge in [-0.2, -0.15) is 0 Å². The van der Waals surface area contributed by atoms with Gasteiger partial charge in [0.2, 0.25) is 21.8 Å². The predicted molar refractivity (Wildman–Crippen MR) is 150 cm³/mol. The molecule has 1 unspecified atom stereocenters. The molecule has 4 rings (SSSR count). The Balaban J connectivity index is 1.71. The second-order valence-electron chi connectivity index (χ2n) is 10.1. The number of benzene rings is 3. The van der Waals surface area contributed by atoms with Crippen LogP contribution in [0.1, 0.15) is 36.8 Å². The summed E-state index contributed by atoms with van der Waals surface area (Å²) in [6, 6.07) is 18.7. The maximum atomic E-state index is 14.0. The average Bonchev–Trinajstić information content (AvgIpc) is 3.44. The lowest BCUT2D eigenvalue weighted by Gasteiger charge is -2.34. The summed E-state index contributed by atoms with van der Waals surface area (Å²) in [6.07, 6.45) is 4.87. The molecule has 0 heterocycles. The molecule has 0 radical (unpaired) electrons. The highest BCUT2D eigenvalue weighted by Crippen LogP contribution is 2.22. The second-order valence-corrected chi connectivity index (χ2v) is 12.0. The minimum absolute atomic E-state index is 0.000259. The van der Waals surface area contributed by atoms with Crippen LogP contribution in [-0.2, 0) is 32.6 Å². The molecule has 3 aromatic rings. The molecule has 1 N–H and O–H groups in total. The van der Waals surface area contributed by atoms with Crippen LogP contribution in [0.15, 0.2) is 78.9 Å². The second kappa shape index (κ2) is 13.0. The number of carbonyl (C=O) groups is 2. The molecule has 10 heteroatoms. The Morgan fingerprint density at radius 1 is 0.875 bits per heavy atom. The fourth-order valence-corrected chi connectivity index (χ4v) is 5.78.